The molecule has 0 bridgehead atoms. The molecule has 0 aliphatic carbocycles. The number of aromatic nitrogens is 2. The Morgan fingerprint density at radius 1 is 1.37 bits per heavy atom. The van der Waals surface area contributed by atoms with Gasteiger partial charge in [0, 0.05) is 13.6 Å². The molecule has 0 fully saturated rings. The van der Waals surface area contributed by atoms with Gasteiger partial charge in [-0.25, -0.2) is 4.68 Å². The van der Waals surface area contributed by atoms with E-state index in [2.05, 4.69) is 17.3 Å². The third kappa shape index (κ3) is 3.08. The number of hydrogen-bond acceptors (Lipinski definition) is 3. The molecule has 0 atom stereocenters. The Morgan fingerprint density at radius 3 is 2.79 bits per heavy atom. The molecule has 0 saturated carbocycles. The van der Waals surface area contributed by atoms with Gasteiger partial charge in [-0.15, -0.1) is 0 Å². The standard InChI is InChI=1S/C14H18ClN3O/c1-4-16-9-11-10(2)17-18(3)14(11)19-13-8-6-5-7-12(13)15/h5-8,16H,4,9H2,1-3H3. The van der Waals surface area contributed by atoms with Crippen molar-refractivity contribution in [3.8, 4) is 11.6 Å². The van der Waals surface area contributed by atoms with Gasteiger partial charge in [0.1, 0.15) is 5.75 Å². The van der Waals surface area contributed by atoms with Crippen LogP contribution in [-0.2, 0) is 13.6 Å². The molecule has 0 aliphatic heterocycles. The fourth-order valence-corrected chi connectivity index (χ4v) is 2.07. The second-order valence-electron chi connectivity index (χ2n) is 4.31. The predicted octanol–water partition coefficient (Wildman–Crippen LogP) is 3.28. The predicted molar refractivity (Wildman–Crippen MR) is 76.9 cm³/mol. The van der Waals surface area contributed by atoms with Gasteiger partial charge in [-0.3, -0.25) is 0 Å². The van der Waals surface area contributed by atoms with E-state index >= 15 is 0 Å². The fraction of sp³-hybridized carbons (Fsp3) is 0.357. The molecule has 0 radical (unpaired) electrons. The van der Waals surface area contributed by atoms with Crippen molar-refractivity contribution in [2.24, 2.45) is 7.05 Å². The normalized spacial score (nSPS) is 10.7. The van der Waals surface area contributed by atoms with Crippen LogP contribution in [0.25, 0.3) is 0 Å². The minimum absolute atomic E-state index is 0.593. The molecule has 0 unspecified atom stereocenters. The molecule has 1 heterocycles. The number of hydrogen-bond donors (Lipinski definition) is 1. The third-order valence-corrected chi connectivity index (χ3v) is 3.20. The summed E-state index contributed by atoms with van der Waals surface area (Å²) < 4.78 is 7.66. The first-order valence-electron chi connectivity index (χ1n) is 6.29. The van der Waals surface area contributed by atoms with Gasteiger partial charge in [-0.1, -0.05) is 30.7 Å². The summed E-state index contributed by atoms with van der Waals surface area (Å²) in [5, 5.41) is 8.28. The largest absolute Gasteiger partial charge is 0.437 e. The highest BCUT2D eigenvalue weighted by Crippen LogP contribution is 2.31. The summed E-state index contributed by atoms with van der Waals surface area (Å²) in [5.41, 5.74) is 2.02. The highest BCUT2D eigenvalue weighted by atomic mass is 35.5. The molecule has 1 aromatic heterocycles. The van der Waals surface area contributed by atoms with Crippen molar-refractivity contribution in [2.75, 3.05) is 6.54 Å². The van der Waals surface area contributed by atoms with E-state index in [4.69, 9.17) is 16.3 Å². The first kappa shape index (κ1) is 13.9. The van der Waals surface area contributed by atoms with Gasteiger partial charge >= 0.3 is 0 Å². The van der Waals surface area contributed by atoms with Crippen LogP contribution in [0.5, 0.6) is 11.6 Å². The lowest BCUT2D eigenvalue weighted by atomic mass is 10.2. The molecule has 102 valence electrons. The van der Waals surface area contributed by atoms with Crippen LogP contribution in [-0.4, -0.2) is 16.3 Å². The van der Waals surface area contributed by atoms with Crippen molar-refractivity contribution in [1.29, 1.82) is 0 Å². The number of rotatable bonds is 5. The molecule has 0 aliphatic rings. The summed E-state index contributed by atoms with van der Waals surface area (Å²) in [7, 11) is 1.87. The highest BCUT2D eigenvalue weighted by molar-refractivity contribution is 6.32. The van der Waals surface area contributed by atoms with E-state index in [0.717, 1.165) is 30.2 Å². The topological polar surface area (TPSA) is 39.1 Å². The van der Waals surface area contributed by atoms with Crippen LogP contribution < -0.4 is 10.1 Å². The zero-order valence-electron chi connectivity index (χ0n) is 11.4. The van der Waals surface area contributed by atoms with Gasteiger partial charge in [0.25, 0.3) is 0 Å². The molecule has 0 saturated heterocycles. The smallest absolute Gasteiger partial charge is 0.222 e. The minimum atomic E-state index is 0.593. The average Bonchev–Trinajstić information content (AvgIpc) is 2.65. The Labute approximate surface area is 118 Å². The van der Waals surface area contributed by atoms with Crippen LogP contribution in [0.15, 0.2) is 24.3 Å². The first-order valence-corrected chi connectivity index (χ1v) is 6.66. The summed E-state index contributed by atoms with van der Waals surface area (Å²) in [6, 6.07) is 7.43. The Hall–Kier alpha value is -1.52. The van der Waals surface area contributed by atoms with Gasteiger partial charge in [-0.05, 0) is 25.6 Å². The summed E-state index contributed by atoms with van der Waals surface area (Å²) in [6.07, 6.45) is 0. The number of halogens is 1. The van der Waals surface area contributed by atoms with Crippen LogP contribution in [0.3, 0.4) is 0 Å². The maximum atomic E-state index is 6.12. The summed E-state index contributed by atoms with van der Waals surface area (Å²) in [4.78, 5) is 0. The zero-order valence-corrected chi connectivity index (χ0v) is 12.2. The zero-order chi connectivity index (χ0) is 13.8. The molecule has 19 heavy (non-hydrogen) atoms. The molecule has 2 aromatic rings. The van der Waals surface area contributed by atoms with E-state index in [9.17, 15) is 0 Å². The van der Waals surface area contributed by atoms with Crippen LogP contribution in [0.4, 0.5) is 0 Å². The lowest BCUT2D eigenvalue weighted by Crippen LogP contribution is -2.12. The van der Waals surface area contributed by atoms with Gasteiger partial charge in [0.05, 0.1) is 16.3 Å². The number of para-hydroxylation sites is 1. The van der Waals surface area contributed by atoms with Crippen molar-refractivity contribution in [3.05, 3.63) is 40.5 Å². The van der Waals surface area contributed by atoms with E-state index in [1.165, 1.54) is 0 Å². The van der Waals surface area contributed by atoms with E-state index < -0.39 is 0 Å². The number of ether oxygens (including phenoxy) is 1. The van der Waals surface area contributed by atoms with Crippen LogP contribution in [0.1, 0.15) is 18.2 Å². The van der Waals surface area contributed by atoms with E-state index in [-0.39, 0.29) is 0 Å². The molecule has 1 aromatic carbocycles. The summed E-state index contributed by atoms with van der Waals surface area (Å²) >= 11 is 6.12. The Balaban J connectivity index is 2.31. The molecule has 1 N–H and O–H groups in total. The summed E-state index contributed by atoms with van der Waals surface area (Å²) in [6.45, 7) is 5.68. The molecular formula is C14H18ClN3O. The van der Waals surface area contributed by atoms with Crippen molar-refractivity contribution in [1.82, 2.24) is 15.1 Å². The minimum Gasteiger partial charge on any atom is -0.437 e. The van der Waals surface area contributed by atoms with Crippen LogP contribution in [0, 0.1) is 6.92 Å². The fourth-order valence-electron chi connectivity index (χ4n) is 1.89. The Morgan fingerprint density at radius 2 is 2.11 bits per heavy atom. The van der Waals surface area contributed by atoms with E-state index in [1.54, 1.807) is 4.68 Å². The molecule has 2 rings (SSSR count). The van der Waals surface area contributed by atoms with Gasteiger partial charge in [-0.2, -0.15) is 5.10 Å². The maximum absolute atomic E-state index is 6.12. The average molecular weight is 280 g/mol. The lowest BCUT2D eigenvalue weighted by Gasteiger charge is -2.10. The van der Waals surface area contributed by atoms with Crippen molar-refractivity contribution >= 4 is 11.6 Å². The van der Waals surface area contributed by atoms with Gasteiger partial charge < -0.3 is 10.1 Å². The van der Waals surface area contributed by atoms with Crippen LogP contribution >= 0.6 is 11.6 Å². The van der Waals surface area contributed by atoms with Gasteiger partial charge in [0.2, 0.25) is 5.88 Å². The van der Waals surface area contributed by atoms with Crippen molar-refractivity contribution in [2.45, 2.75) is 20.4 Å². The number of benzene rings is 1. The number of nitrogens with one attached hydrogen (secondary N) is 1. The van der Waals surface area contributed by atoms with E-state index in [1.807, 2.05) is 38.2 Å². The van der Waals surface area contributed by atoms with Crippen LogP contribution in [0.2, 0.25) is 5.02 Å². The molecule has 4 nitrogen and oxygen atoms in total. The number of nitrogens with zero attached hydrogens (tertiary/aromatic N) is 2. The molecular weight excluding hydrogens is 262 g/mol. The Kier molecular flexibility index (Phi) is 4.45. The summed E-state index contributed by atoms with van der Waals surface area (Å²) in [5.74, 6) is 1.37. The molecule has 5 heteroatoms. The third-order valence-electron chi connectivity index (χ3n) is 2.88. The SMILES string of the molecule is CCNCc1c(C)nn(C)c1Oc1ccccc1Cl. The highest BCUT2D eigenvalue weighted by Gasteiger charge is 2.15. The van der Waals surface area contributed by atoms with Gasteiger partial charge in [0.15, 0.2) is 0 Å². The Bertz CT molecular complexity index is 566. The van der Waals surface area contributed by atoms with E-state index in [0.29, 0.717) is 10.8 Å². The first-order chi connectivity index (χ1) is 9.13. The molecule has 0 spiro atoms. The maximum Gasteiger partial charge on any atom is 0.222 e. The molecule has 0 amide bonds. The second-order valence-corrected chi connectivity index (χ2v) is 4.71. The second kappa shape index (κ2) is 6.08. The quantitative estimate of drug-likeness (QED) is 0.913. The van der Waals surface area contributed by atoms with Crippen molar-refractivity contribution in [3.63, 3.8) is 0 Å². The monoisotopic (exact) mass is 279 g/mol. The lowest BCUT2D eigenvalue weighted by molar-refractivity contribution is 0.424. The number of aryl methyl sites for hydroxylation is 2. The van der Waals surface area contributed by atoms with Crippen molar-refractivity contribution < 1.29 is 4.74 Å².